The quantitative estimate of drug-likeness (QED) is 0.0623. The number of nitrogens with one attached hydrogen (secondary N) is 2. The highest BCUT2D eigenvalue weighted by atomic mass is 35.5. The van der Waals surface area contributed by atoms with Gasteiger partial charge in [0.2, 0.25) is 0 Å². The van der Waals surface area contributed by atoms with Crippen LogP contribution in [0.3, 0.4) is 0 Å². The van der Waals surface area contributed by atoms with Crippen LogP contribution in [-0.2, 0) is 46.1 Å². The molecule has 0 atom stereocenters. The second kappa shape index (κ2) is 27.1. The van der Waals surface area contributed by atoms with Gasteiger partial charge in [0, 0.05) is 18.5 Å². The Hall–Kier alpha value is -3.58. The van der Waals surface area contributed by atoms with E-state index in [0.29, 0.717) is 51.3 Å². The highest BCUT2D eigenvalue weighted by molar-refractivity contribution is 6.39. The fourth-order valence-corrected chi connectivity index (χ4v) is 5.33. The van der Waals surface area contributed by atoms with Crippen molar-refractivity contribution < 1.29 is 38.4 Å². The molecule has 4 rings (SSSR count). The van der Waals surface area contributed by atoms with Crippen molar-refractivity contribution in [2.45, 2.75) is 27.7 Å². The van der Waals surface area contributed by atoms with Crippen LogP contribution >= 0.6 is 46.4 Å². The molecule has 0 heterocycles. The number of anilines is 4. The number of para-hydroxylation sites is 4. The molecule has 0 bridgehead atoms. The second-order valence-corrected chi connectivity index (χ2v) is 12.1. The summed E-state index contributed by atoms with van der Waals surface area (Å²) < 4.78 is 25.5. The first-order valence-corrected chi connectivity index (χ1v) is 17.4. The molecule has 53 heavy (non-hydrogen) atoms. The van der Waals surface area contributed by atoms with Crippen molar-refractivity contribution in [1.29, 1.82) is 0 Å². The summed E-state index contributed by atoms with van der Waals surface area (Å²) in [6.07, 6.45) is 0.231. The number of aliphatic hydroxyl groups is 1. The maximum atomic E-state index is 12.1. The lowest BCUT2D eigenvalue weighted by Gasteiger charge is -2.14. The molecule has 0 radical (unpaired) electrons. The van der Waals surface area contributed by atoms with Crippen molar-refractivity contribution >= 4 is 81.1 Å². The summed E-state index contributed by atoms with van der Waals surface area (Å²) in [5, 5.41) is 17.0. The molecule has 10 nitrogen and oxygen atoms in total. The van der Waals surface area contributed by atoms with Crippen LogP contribution in [0.1, 0.15) is 26.0 Å². The number of carbonyl (C=O) groups is 2. The number of halogens is 4. The standard InChI is InChI=1S/C19H21Cl2NO4.C18H19Cl2NO4.2CH4/c1-24-9-10-25-11-12-26-18(23)13-14-5-2-3-8-17(14)22-19-15(20)6-4-7-16(19)21;19-14-5-3-6-15(20)18(14)21-16-7-2-1-4-13(16)12-17(23)25-11-10-24-9-8-22;;/h2-8,22H,9-13H2,1H3;1-7,21-22H,8-12H2;2*1H4. The van der Waals surface area contributed by atoms with Gasteiger partial charge in [-0.15, -0.1) is 0 Å². The zero-order chi connectivity index (χ0) is 36.8. The van der Waals surface area contributed by atoms with Gasteiger partial charge in [-0.25, -0.2) is 0 Å². The summed E-state index contributed by atoms with van der Waals surface area (Å²) in [6.45, 7) is 2.09. The zero-order valence-electron chi connectivity index (χ0n) is 28.0. The maximum Gasteiger partial charge on any atom is 0.310 e. The summed E-state index contributed by atoms with van der Waals surface area (Å²) in [5.74, 6) is -0.702. The molecule has 0 aromatic heterocycles. The number of aliphatic hydroxyl groups excluding tert-OH is 1. The van der Waals surface area contributed by atoms with Crippen LogP contribution in [0.2, 0.25) is 20.1 Å². The highest BCUT2D eigenvalue weighted by Crippen LogP contribution is 2.35. The van der Waals surface area contributed by atoms with Crippen LogP contribution in [-0.4, -0.2) is 77.0 Å². The molecule has 0 fully saturated rings. The summed E-state index contributed by atoms with van der Waals surface area (Å²) in [7, 11) is 1.60. The molecule has 0 unspecified atom stereocenters. The van der Waals surface area contributed by atoms with E-state index in [1.807, 2.05) is 48.5 Å². The van der Waals surface area contributed by atoms with Gasteiger partial charge in [-0.1, -0.05) is 110 Å². The molecule has 0 spiro atoms. The molecule has 14 heteroatoms. The van der Waals surface area contributed by atoms with Crippen LogP contribution in [0.4, 0.5) is 22.7 Å². The van der Waals surface area contributed by atoms with Gasteiger partial charge in [0.25, 0.3) is 0 Å². The molecule has 0 aliphatic rings. The fourth-order valence-electron chi connectivity index (χ4n) is 4.35. The summed E-state index contributed by atoms with van der Waals surface area (Å²) in [6, 6.07) is 25.3. The number of carbonyl (C=O) groups excluding carboxylic acids is 2. The van der Waals surface area contributed by atoms with Crippen LogP contribution in [0, 0.1) is 0 Å². The number of hydrogen-bond donors (Lipinski definition) is 3. The van der Waals surface area contributed by atoms with Crippen LogP contribution in [0.5, 0.6) is 0 Å². The van der Waals surface area contributed by atoms with Gasteiger partial charge in [0.1, 0.15) is 13.2 Å². The van der Waals surface area contributed by atoms with E-state index < -0.39 is 0 Å². The normalized spacial score (nSPS) is 10.2. The average molecular weight is 815 g/mol. The van der Waals surface area contributed by atoms with Gasteiger partial charge < -0.3 is 39.4 Å². The van der Waals surface area contributed by atoms with Gasteiger partial charge >= 0.3 is 11.9 Å². The fraction of sp³-hybridized carbons (Fsp3) is 0.333. The molecule has 290 valence electrons. The lowest BCUT2D eigenvalue weighted by atomic mass is 10.1. The smallest absolute Gasteiger partial charge is 0.310 e. The minimum absolute atomic E-state index is 0. The number of esters is 2. The molecular formula is C39H48Cl4N2O8. The first kappa shape index (κ1) is 47.4. The molecule has 0 aliphatic heterocycles. The average Bonchev–Trinajstić information content (AvgIpc) is 3.11. The molecule has 0 saturated heterocycles. The Morgan fingerprint density at radius 2 is 0.925 bits per heavy atom. The van der Waals surface area contributed by atoms with Crippen molar-refractivity contribution in [3.05, 3.63) is 116 Å². The highest BCUT2D eigenvalue weighted by Gasteiger charge is 2.13. The first-order chi connectivity index (χ1) is 24.7. The molecule has 0 aliphatic carbocycles. The van der Waals surface area contributed by atoms with Gasteiger partial charge in [0.15, 0.2) is 0 Å². The maximum absolute atomic E-state index is 12.1. The number of methoxy groups -OCH3 is 1. The predicted octanol–water partition coefficient (Wildman–Crippen LogP) is 9.59. The third kappa shape index (κ3) is 17.4. The number of hydrogen-bond acceptors (Lipinski definition) is 10. The number of ether oxygens (including phenoxy) is 5. The summed E-state index contributed by atoms with van der Waals surface area (Å²) >= 11 is 24.7. The molecule has 0 amide bonds. The van der Waals surface area contributed by atoms with E-state index in [-0.39, 0.29) is 72.7 Å². The lowest BCUT2D eigenvalue weighted by Crippen LogP contribution is -2.14. The SMILES string of the molecule is C.C.COCCOCCOC(=O)Cc1ccccc1Nc1c(Cl)cccc1Cl.O=C(Cc1ccccc1Nc1c(Cl)cccc1Cl)OCCOCCO. The molecule has 0 saturated carbocycles. The summed E-state index contributed by atoms with van der Waals surface area (Å²) in [5.41, 5.74) is 4.21. The Labute approximate surface area is 332 Å². The molecule has 4 aromatic rings. The van der Waals surface area contributed by atoms with E-state index in [0.717, 1.165) is 22.5 Å². The Bertz CT molecular complexity index is 1640. The third-order valence-electron chi connectivity index (χ3n) is 6.80. The van der Waals surface area contributed by atoms with Gasteiger partial charge in [0.05, 0.1) is 83.9 Å². The third-order valence-corrected chi connectivity index (χ3v) is 8.06. The van der Waals surface area contributed by atoms with E-state index in [4.69, 9.17) is 75.2 Å². The van der Waals surface area contributed by atoms with E-state index in [9.17, 15) is 9.59 Å². The Balaban J connectivity index is 0.000000511. The minimum atomic E-state index is -0.368. The Morgan fingerprint density at radius 1 is 0.547 bits per heavy atom. The van der Waals surface area contributed by atoms with Crippen LogP contribution < -0.4 is 10.6 Å². The van der Waals surface area contributed by atoms with Crippen molar-refractivity contribution in [3.8, 4) is 0 Å². The largest absolute Gasteiger partial charge is 0.463 e. The number of benzene rings is 4. The summed E-state index contributed by atoms with van der Waals surface area (Å²) in [4.78, 5) is 24.0. The first-order valence-electron chi connectivity index (χ1n) is 15.9. The van der Waals surface area contributed by atoms with Gasteiger partial charge in [-0.3, -0.25) is 9.59 Å². The molecule has 3 N–H and O–H groups in total. The zero-order valence-corrected chi connectivity index (χ0v) is 31.0. The van der Waals surface area contributed by atoms with E-state index >= 15 is 0 Å². The molecular weight excluding hydrogens is 766 g/mol. The van der Waals surface area contributed by atoms with Crippen LogP contribution in [0.15, 0.2) is 84.9 Å². The van der Waals surface area contributed by atoms with E-state index in [1.165, 1.54) is 0 Å². The molecule has 4 aromatic carbocycles. The second-order valence-electron chi connectivity index (χ2n) is 10.5. The predicted molar refractivity (Wildman–Crippen MR) is 216 cm³/mol. The van der Waals surface area contributed by atoms with Crippen molar-refractivity contribution in [3.63, 3.8) is 0 Å². The van der Waals surface area contributed by atoms with Crippen molar-refractivity contribution in [2.75, 3.05) is 70.6 Å². The lowest BCUT2D eigenvalue weighted by molar-refractivity contribution is -0.145. The van der Waals surface area contributed by atoms with Crippen molar-refractivity contribution in [1.82, 2.24) is 0 Å². The van der Waals surface area contributed by atoms with Gasteiger partial charge in [-0.05, 0) is 47.5 Å². The Kier molecular flexibility index (Phi) is 24.2. The Morgan fingerprint density at radius 3 is 1.32 bits per heavy atom. The van der Waals surface area contributed by atoms with Crippen molar-refractivity contribution in [2.24, 2.45) is 0 Å². The monoisotopic (exact) mass is 812 g/mol. The van der Waals surface area contributed by atoms with E-state index in [1.54, 1.807) is 43.5 Å². The minimum Gasteiger partial charge on any atom is -0.463 e. The topological polar surface area (TPSA) is 125 Å². The number of rotatable bonds is 19. The van der Waals surface area contributed by atoms with E-state index in [2.05, 4.69) is 10.6 Å². The van der Waals surface area contributed by atoms with Crippen LogP contribution in [0.25, 0.3) is 0 Å². The van der Waals surface area contributed by atoms with Gasteiger partial charge in [-0.2, -0.15) is 0 Å².